The Morgan fingerprint density at radius 3 is 2.55 bits per heavy atom. The number of hydrogen-bond donors (Lipinski definition) is 1. The first kappa shape index (κ1) is 8.94. The number of halogens is 1. The van der Waals surface area contributed by atoms with Gasteiger partial charge in [-0.25, -0.2) is 0 Å². The van der Waals surface area contributed by atoms with Crippen molar-refractivity contribution in [1.29, 1.82) is 0 Å². The summed E-state index contributed by atoms with van der Waals surface area (Å²) in [4.78, 5) is 2.40. The zero-order valence-electron chi connectivity index (χ0n) is 6.98. The average molecular weight is 160 g/mol. The summed E-state index contributed by atoms with van der Waals surface area (Å²) >= 11 is 0. The standard InChI is InChI=1S/C8H17FN2/c9-3-1-2-6-11-7-4-10-5-8-11/h10H,1-8H2. The van der Waals surface area contributed by atoms with Crippen LogP contribution in [0.3, 0.4) is 0 Å². The van der Waals surface area contributed by atoms with Gasteiger partial charge in [-0.2, -0.15) is 0 Å². The van der Waals surface area contributed by atoms with Crippen molar-refractivity contribution in [3.05, 3.63) is 0 Å². The van der Waals surface area contributed by atoms with Crippen LogP contribution in [-0.4, -0.2) is 44.3 Å². The van der Waals surface area contributed by atoms with Gasteiger partial charge in [0.15, 0.2) is 0 Å². The summed E-state index contributed by atoms with van der Waals surface area (Å²) < 4.78 is 11.7. The molecule has 0 atom stereocenters. The Bertz CT molecular complexity index is 92.1. The number of piperazine rings is 1. The van der Waals surface area contributed by atoms with Crippen LogP contribution in [0.4, 0.5) is 4.39 Å². The van der Waals surface area contributed by atoms with Gasteiger partial charge >= 0.3 is 0 Å². The molecule has 0 amide bonds. The Labute approximate surface area is 67.8 Å². The lowest BCUT2D eigenvalue weighted by atomic mass is 10.3. The molecule has 3 heteroatoms. The van der Waals surface area contributed by atoms with E-state index in [9.17, 15) is 4.39 Å². The highest BCUT2D eigenvalue weighted by Gasteiger charge is 2.07. The number of unbranched alkanes of at least 4 members (excludes halogenated alkanes) is 1. The number of nitrogens with one attached hydrogen (secondary N) is 1. The second-order valence-corrected chi connectivity index (χ2v) is 2.99. The second-order valence-electron chi connectivity index (χ2n) is 2.99. The number of nitrogens with zero attached hydrogens (tertiary/aromatic N) is 1. The van der Waals surface area contributed by atoms with E-state index in [4.69, 9.17) is 0 Å². The molecule has 0 aliphatic carbocycles. The van der Waals surface area contributed by atoms with E-state index in [2.05, 4.69) is 10.2 Å². The molecule has 1 saturated heterocycles. The fourth-order valence-electron chi connectivity index (χ4n) is 1.36. The number of hydrogen-bond acceptors (Lipinski definition) is 2. The lowest BCUT2D eigenvalue weighted by Gasteiger charge is -2.26. The Hall–Kier alpha value is -0.150. The molecule has 2 nitrogen and oxygen atoms in total. The van der Waals surface area contributed by atoms with Crippen molar-refractivity contribution >= 4 is 0 Å². The van der Waals surface area contributed by atoms with Crippen LogP contribution >= 0.6 is 0 Å². The highest BCUT2D eigenvalue weighted by molar-refractivity contribution is 4.66. The topological polar surface area (TPSA) is 15.3 Å². The van der Waals surface area contributed by atoms with E-state index in [0.717, 1.165) is 45.6 Å². The Kier molecular flexibility index (Phi) is 4.47. The summed E-state index contributed by atoms with van der Waals surface area (Å²) in [5.74, 6) is 0. The minimum Gasteiger partial charge on any atom is -0.314 e. The maximum atomic E-state index is 11.7. The quantitative estimate of drug-likeness (QED) is 0.607. The molecule has 11 heavy (non-hydrogen) atoms. The van der Waals surface area contributed by atoms with E-state index in [1.165, 1.54) is 0 Å². The van der Waals surface area contributed by atoms with Gasteiger partial charge in [-0.1, -0.05) is 0 Å². The predicted molar refractivity (Wildman–Crippen MR) is 44.5 cm³/mol. The van der Waals surface area contributed by atoms with Crippen molar-refractivity contribution in [1.82, 2.24) is 10.2 Å². The fourth-order valence-corrected chi connectivity index (χ4v) is 1.36. The van der Waals surface area contributed by atoms with Crippen LogP contribution in [0.25, 0.3) is 0 Å². The first-order valence-corrected chi connectivity index (χ1v) is 4.42. The van der Waals surface area contributed by atoms with Crippen LogP contribution in [0.15, 0.2) is 0 Å². The van der Waals surface area contributed by atoms with E-state index in [1.807, 2.05) is 0 Å². The third-order valence-corrected chi connectivity index (χ3v) is 2.07. The third kappa shape index (κ3) is 3.68. The molecule has 1 N–H and O–H groups in total. The van der Waals surface area contributed by atoms with Crippen LogP contribution < -0.4 is 5.32 Å². The molecule has 1 aliphatic rings. The lowest BCUT2D eigenvalue weighted by Crippen LogP contribution is -2.43. The summed E-state index contributed by atoms with van der Waals surface area (Å²) in [6.07, 6.45) is 1.74. The van der Waals surface area contributed by atoms with Gasteiger partial charge in [-0.05, 0) is 19.4 Å². The molecule has 0 unspecified atom stereocenters. The van der Waals surface area contributed by atoms with Gasteiger partial charge in [0.1, 0.15) is 0 Å². The van der Waals surface area contributed by atoms with Gasteiger partial charge in [-0.15, -0.1) is 0 Å². The smallest absolute Gasteiger partial charge is 0.0894 e. The molecular formula is C8H17FN2. The Morgan fingerprint density at radius 2 is 1.91 bits per heavy atom. The first-order chi connectivity index (χ1) is 5.43. The summed E-state index contributed by atoms with van der Waals surface area (Å²) in [7, 11) is 0. The van der Waals surface area contributed by atoms with Crippen molar-refractivity contribution in [3.8, 4) is 0 Å². The predicted octanol–water partition coefficient (Wildman–Crippen LogP) is 0.641. The molecule has 1 aliphatic heterocycles. The largest absolute Gasteiger partial charge is 0.314 e. The van der Waals surface area contributed by atoms with Gasteiger partial charge in [0.25, 0.3) is 0 Å². The van der Waals surface area contributed by atoms with E-state index in [1.54, 1.807) is 0 Å². The first-order valence-electron chi connectivity index (χ1n) is 4.42. The molecular weight excluding hydrogens is 143 g/mol. The van der Waals surface area contributed by atoms with E-state index in [-0.39, 0.29) is 6.67 Å². The van der Waals surface area contributed by atoms with Crippen LogP contribution in [-0.2, 0) is 0 Å². The van der Waals surface area contributed by atoms with Crippen LogP contribution in [0.2, 0.25) is 0 Å². The normalized spacial score (nSPS) is 20.5. The van der Waals surface area contributed by atoms with Gasteiger partial charge in [0.05, 0.1) is 6.67 Å². The molecule has 0 radical (unpaired) electrons. The van der Waals surface area contributed by atoms with Crippen LogP contribution in [0.5, 0.6) is 0 Å². The van der Waals surface area contributed by atoms with Crippen molar-refractivity contribution in [2.24, 2.45) is 0 Å². The molecule has 0 bridgehead atoms. The van der Waals surface area contributed by atoms with Gasteiger partial charge in [0.2, 0.25) is 0 Å². The SMILES string of the molecule is FCCCCN1CCNCC1. The summed E-state index contributed by atoms with van der Waals surface area (Å²) in [6, 6.07) is 0. The summed E-state index contributed by atoms with van der Waals surface area (Å²) in [5.41, 5.74) is 0. The second kappa shape index (κ2) is 5.49. The van der Waals surface area contributed by atoms with Crippen molar-refractivity contribution in [2.45, 2.75) is 12.8 Å². The molecule has 0 aromatic carbocycles. The highest BCUT2D eigenvalue weighted by Crippen LogP contribution is 1.97. The molecule has 1 heterocycles. The zero-order chi connectivity index (χ0) is 7.94. The molecule has 0 aromatic heterocycles. The third-order valence-electron chi connectivity index (χ3n) is 2.07. The molecule has 0 saturated carbocycles. The molecule has 0 aromatic rings. The van der Waals surface area contributed by atoms with E-state index >= 15 is 0 Å². The number of rotatable bonds is 4. The molecule has 1 fully saturated rings. The fraction of sp³-hybridized carbons (Fsp3) is 1.00. The maximum Gasteiger partial charge on any atom is 0.0894 e. The van der Waals surface area contributed by atoms with E-state index in [0.29, 0.717) is 0 Å². The minimum atomic E-state index is -0.161. The minimum absolute atomic E-state index is 0.161. The van der Waals surface area contributed by atoms with Gasteiger partial charge in [-0.3, -0.25) is 4.39 Å². The lowest BCUT2D eigenvalue weighted by molar-refractivity contribution is 0.234. The van der Waals surface area contributed by atoms with Crippen molar-refractivity contribution in [3.63, 3.8) is 0 Å². The van der Waals surface area contributed by atoms with Crippen LogP contribution in [0.1, 0.15) is 12.8 Å². The van der Waals surface area contributed by atoms with Crippen LogP contribution in [0, 0.1) is 0 Å². The zero-order valence-corrected chi connectivity index (χ0v) is 6.98. The maximum absolute atomic E-state index is 11.7. The summed E-state index contributed by atoms with van der Waals surface area (Å²) in [5, 5.41) is 3.29. The van der Waals surface area contributed by atoms with E-state index < -0.39 is 0 Å². The average Bonchev–Trinajstić information content (AvgIpc) is 2.07. The van der Waals surface area contributed by atoms with Crippen molar-refractivity contribution in [2.75, 3.05) is 39.4 Å². The molecule has 0 spiro atoms. The molecule has 1 rings (SSSR count). The molecule has 66 valence electrons. The van der Waals surface area contributed by atoms with Gasteiger partial charge < -0.3 is 10.2 Å². The Morgan fingerprint density at radius 1 is 1.18 bits per heavy atom. The summed E-state index contributed by atoms with van der Waals surface area (Å²) in [6.45, 7) is 5.36. The van der Waals surface area contributed by atoms with Gasteiger partial charge in [0, 0.05) is 26.2 Å². The van der Waals surface area contributed by atoms with Crippen molar-refractivity contribution < 1.29 is 4.39 Å². The number of alkyl halides is 1. The highest BCUT2D eigenvalue weighted by atomic mass is 19.1. The monoisotopic (exact) mass is 160 g/mol. The Balaban J connectivity index is 1.96.